The summed E-state index contributed by atoms with van der Waals surface area (Å²) in [7, 11) is 1.59. The Morgan fingerprint density at radius 3 is 2.62 bits per heavy atom. The first kappa shape index (κ1) is 21.1. The predicted octanol–water partition coefficient (Wildman–Crippen LogP) is 2.28. The van der Waals surface area contributed by atoms with Crippen LogP contribution in [0.15, 0.2) is 36.7 Å². The van der Waals surface area contributed by atoms with Crippen LogP contribution in [-0.4, -0.2) is 41.8 Å². The van der Waals surface area contributed by atoms with E-state index in [1.165, 1.54) is 4.68 Å². The van der Waals surface area contributed by atoms with Crippen LogP contribution in [0.3, 0.4) is 0 Å². The molecule has 3 N–H and O–H groups in total. The van der Waals surface area contributed by atoms with Gasteiger partial charge in [-0.1, -0.05) is 0 Å². The van der Waals surface area contributed by atoms with Crippen LogP contribution >= 0.6 is 12.4 Å². The van der Waals surface area contributed by atoms with Gasteiger partial charge in [0.25, 0.3) is 0 Å². The number of rotatable bonds is 6. The van der Waals surface area contributed by atoms with E-state index in [0.717, 1.165) is 38.1 Å². The van der Waals surface area contributed by atoms with Crippen molar-refractivity contribution in [1.82, 2.24) is 15.1 Å². The summed E-state index contributed by atoms with van der Waals surface area (Å²) in [6, 6.07) is 7.11. The largest absolute Gasteiger partial charge is 0.497 e. The molecule has 9 heteroatoms. The van der Waals surface area contributed by atoms with Gasteiger partial charge in [-0.25, -0.2) is 0 Å². The van der Waals surface area contributed by atoms with Crippen molar-refractivity contribution in [2.24, 2.45) is 11.3 Å². The summed E-state index contributed by atoms with van der Waals surface area (Å²) < 4.78 is 6.61. The molecule has 1 saturated carbocycles. The normalized spacial score (nSPS) is 19.1. The smallest absolute Gasteiger partial charge is 0.246 e. The molecule has 1 unspecified atom stereocenters. The molecule has 0 radical (unpaired) electrons. The average molecular weight is 420 g/mol. The number of carbonyl (C=O) groups is 2. The molecule has 2 heterocycles. The fourth-order valence-electron chi connectivity index (χ4n) is 3.96. The summed E-state index contributed by atoms with van der Waals surface area (Å²) in [5.74, 6) is 0.690. The Morgan fingerprint density at radius 1 is 1.21 bits per heavy atom. The van der Waals surface area contributed by atoms with E-state index in [9.17, 15) is 9.59 Å². The number of carbonyl (C=O) groups excluding carboxylic acids is 2. The zero-order chi connectivity index (χ0) is 19.6. The molecule has 1 aliphatic heterocycles. The Kier molecular flexibility index (Phi) is 6.44. The highest BCUT2D eigenvalue weighted by Gasteiger charge is 2.57. The van der Waals surface area contributed by atoms with Crippen molar-refractivity contribution < 1.29 is 14.3 Å². The quantitative estimate of drug-likeness (QED) is 0.667. The van der Waals surface area contributed by atoms with Crippen LogP contribution in [0.2, 0.25) is 0 Å². The summed E-state index contributed by atoms with van der Waals surface area (Å²) in [4.78, 5) is 24.7. The lowest BCUT2D eigenvalue weighted by molar-refractivity contribution is -0.118. The number of nitrogens with zero attached hydrogens (tertiary/aromatic N) is 2. The van der Waals surface area contributed by atoms with Crippen LogP contribution in [0.4, 0.5) is 11.4 Å². The Balaban J connectivity index is 0.00000240. The number of benzene rings is 1. The number of hydrogen-bond acceptors (Lipinski definition) is 5. The van der Waals surface area contributed by atoms with Crippen molar-refractivity contribution in [3.63, 3.8) is 0 Å². The van der Waals surface area contributed by atoms with Gasteiger partial charge in [-0.15, -0.1) is 12.4 Å². The number of ether oxygens (including phenoxy) is 1. The van der Waals surface area contributed by atoms with Crippen molar-refractivity contribution in [3.8, 4) is 5.75 Å². The topological polar surface area (TPSA) is 97.3 Å². The van der Waals surface area contributed by atoms with E-state index >= 15 is 0 Å². The van der Waals surface area contributed by atoms with E-state index in [1.54, 1.807) is 43.8 Å². The van der Waals surface area contributed by atoms with E-state index in [0.29, 0.717) is 11.4 Å². The lowest BCUT2D eigenvalue weighted by Crippen LogP contribution is -2.31. The molecule has 29 heavy (non-hydrogen) atoms. The summed E-state index contributed by atoms with van der Waals surface area (Å²) in [6.07, 6.45) is 6.36. The molecule has 0 bridgehead atoms. The number of piperidine rings is 1. The molecule has 1 aromatic carbocycles. The van der Waals surface area contributed by atoms with Crippen LogP contribution in [0.1, 0.15) is 19.3 Å². The highest BCUT2D eigenvalue weighted by molar-refractivity contribution is 5.95. The maximum absolute atomic E-state index is 12.5. The summed E-state index contributed by atoms with van der Waals surface area (Å²) in [5, 5.41) is 13.3. The number of aromatic nitrogens is 2. The lowest BCUT2D eigenvalue weighted by Gasteiger charge is -2.23. The van der Waals surface area contributed by atoms with E-state index in [4.69, 9.17) is 4.74 Å². The van der Waals surface area contributed by atoms with Gasteiger partial charge in [-0.3, -0.25) is 14.3 Å². The summed E-state index contributed by atoms with van der Waals surface area (Å²) in [6.45, 7) is 2.05. The highest BCUT2D eigenvalue weighted by atomic mass is 35.5. The maximum atomic E-state index is 12.5. The number of methoxy groups -OCH3 is 1. The number of halogens is 1. The van der Waals surface area contributed by atoms with Crippen molar-refractivity contribution in [2.75, 3.05) is 30.8 Å². The Morgan fingerprint density at radius 2 is 1.93 bits per heavy atom. The lowest BCUT2D eigenvalue weighted by atomic mass is 9.92. The summed E-state index contributed by atoms with van der Waals surface area (Å²) >= 11 is 0. The molecule has 2 amide bonds. The Hall–Kier alpha value is -2.58. The van der Waals surface area contributed by atoms with Gasteiger partial charge in [0.2, 0.25) is 11.8 Å². The molecule has 1 spiro atoms. The van der Waals surface area contributed by atoms with Crippen LogP contribution < -0.4 is 20.7 Å². The maximum Gasteiger partial charge on any atom is 0.246 e. The second-order valence-electron chi connectivity index (χ2n) is 7.56. The summed E-state index contributed by atoms with van der Waals surface area (Å²) in [5.41, 5.74) is 1.51. The van der Waals surface area contributed by atoms with Gasteiger partial charge in [0.05, 0.1) is 19.0 Å². The third kappa shape index (κ3) is 4.89. The third-order valence-corrected chi connectivity index (χ3v) is 5.69. The minimum atomic E-state index is -0.193. The van der Waals surface area contributed by atoms with Crippen molar-refractivity contribution in [2.45, 2.75) is 25.8 Å². The molecule has 156 valence electrons. The molecule has 1 aromatic heterocycles. The minimum Gasteiger partial charge on any atom is -0.497 e. The molecule has 1 aliphatic carbocycles. The number of hydrogen-bond donors (Lipinski definition) is 3. The van der Waals surface area contributed by atoms with Gasteiger partial charge in [0, 0.05) is 17.8 Å². The standard InChI is InChI=1S/C20H25N5O3.ClH/c1-28-16-4-2-14(3-5-16)23-18(26)13-25-12-15(11-22-25)24-19(27)17-10-20(17)6-8-21-9-7-20;/h2-5,11-12,17,21H,6-10,13H2,1H3,(H,23,26)(H,24,27);1H. The van der Waals surface area contributed by atoms with E-state index < -0.39 is 0 Å². The first-order chi connectivity index (χ1) is 13.6. The Labute approximate surface area is 175 Å². The van der Waals surface area contributed by atoms with Gasteiger partial charge < -0.3 is 20.7 Å². The van der Waals surface area contributed by atoms with Crippen molar-refractivity contribution in [1.29, 1.82) is 0 Å². The van der Waals surface area contributed by atoms with Gasteiger partial charge in [0.15, 0.2) is 0 Å². The van der Waals surface area contributed by atoms with Gasteiger partial charge >= 0.3 is 0 Å². The SMILES string of the molecule is COc1ccc(NC(=O)Cn2cc(NC(=O)C3CC34CCNCC4)cn2)cc1.Cl. The van der Waals surface area contributed by atoms with E-state index in [-0.39, 0.29) is 42.1 Å². The predicted molar refractivity (Wildman–Crippen MR) is 112 cm³/mol. The minimum absolute atomic E-state index is 0. The zero-order valence-electron chi connectivity index (χ0n) is 16.3. The third-order valence-electron chi connectivity index (χ3n) is 5.69. The molecule has 2 aromatic rings. The molecule has 1 atom stereocenters. The molecule has 2 fully saturated rings. The molecule has 4 rings (SSSR count). The molecule has 1 saturated heterocycles. The van der Waals surface area contributed by atoms with Crippen molar-refractivity contribution in [3.05, 3.63) is 36.7 Å². The first-order valence-electron chi connectivity index (χ1n) is 9.56. The molecular formula is C20H26ClN5O3. The van der Waals surface area contributed by atoms with Gasteiger partial charge in [-0.2, -0.15) is 5.10 Å². The first-order valence-corrected chi connectivity index (χ1v) is 9.56. The van der Waals surface area contributed by atoms with Crippen LogP contribution in [-0.2, 0) is 16.1 Å². The number of nitrogens with one attached hydrogen (secondary N) is 3. The second kappa shape index (κ2) is 8.84. The van der Waals surface area contributed by atoms with Crippen LogP contribution in [0.25, 0.3) is 0 Å². The van der Waals surface area contributed by atoms with Crippen molar-refractivity contribution >= 4 is 35.6 Å². The molecule has 8 nitrogen and oxygen atoms in total. The van der Waals surface area contributed by atoms with E-state index in [1.807, 2.05) is 0 Å². The van der Waals surface area contributed by atoms with E-state index in [2.05, 4.69) is 21.0 Å². The number of anilines is 2. The second-order valence-corrected chi connectivity index (χ2v) is 7.56. The molecule has 2 aliphatic rings. The fourth-order valence-corrected chi connectivity index (χ4v) is 3.96. The van der Waals surface area contributed by atoms with Gasteiger partial charge in [0.1, 0.15) is 12.3 Å². The zero-order valence-corrected chi connectivity index (χ0v) is 17.1. The highest BCUT2D eigenvalue weighted by Crippen LogP contribution is 2.58. The molecular weight excluding hydrogens is 394 g/mol. The number of amides is 2. The Bertz CT molecular complexity index is 861. The fraction of sp³-hybridized carbons (Fsp3) is 0.450. The van der Waals surface area contributed by atoms with Gasteiger partial charge in [-0.05, 0) is 62.0 Å². The monoisotopic (exact) mass is 419 g/mol. The average Bonchev–Trinajstić information content (AvgIpc) is 3.21. The van der Waals surface area contributed by atoms with Crippen LogP contribution in [0, 0.1) is 11.3 Å². The van der Waals surface area contributed by atoms with Crippen LogP contribution in [0.5, 0.6) is 5.75 Å².